The summed E-state index contributed by atoms with van der Waals surface area (Å²) in [6.45, 7) is 2.45. The molecule has 0 unspecified atom stereocenters. The smallest absolute Gasteiger partial charge is 0.123 e. The highest BCUT2D eigenvalue weighted by Crippen LogP contribution is 2.18. The summed E-state index contributed by atoms with van der Waals surface area (Å²) in [5, 5.41) is 0. The third-order valence-electron chi connectivity index (χ3n) is 3.12. The minimum atomic E-state index is -0.260. The fraction of sp³-hybridized carbons (Fsp3) is 0.250. The molecule has 0 aliphatic rings. The van der Waals surface area contributed by atoms with Crippen LogP contribution in [-0.2, 0) is 11.3 Å². The van der Waals surface area contributed by atoms with Gasteiger partial charge in [-0.05, 0) is 30.2 Å². The zero-order valence-electron chi connectivity index (χ0n) is 10.9. The maximum absolute atomic E-state index is 12.8. The Hall–Kier alpha value is -1.71. The minimum absolute atomic E-state index is 0.134. The van der Waals surface area contributed by atoms with Gasteiger partial charge in [0.25, 0.3) is 0 Å². The molecule has 2 aromatic carbocycles. The van der Waals surface area contributed by atoms with Crippen LogP contribution in [0.25, 0.3) is 0 Å². The van der Waals surface area contributed by atoms with Crippen molar-refractivity contribution in [1.29, 1.82) is 0 Å². The Morgan fingerprint density at radius 3 is 2.32 bits per heavy atom. The largest absolute Gasteiger partial charge is 0.372 e. The van der Waals surface area contributed by atoms with E-state index in [9.17, 15) is 4.39 Å². The third-order valence-corrected chi connectivity index (χ3v) is 3.12. The summed E-state index contributed by atoms with van der Waals surface area (Å²) in [5.74, 6) is -0.256. The predicted octanol–water partition coefficient (Wildman–Crippen LogP) is 3.43. The second-order valence-corrected chi connectivity index (χ2v) is 4.58. The van der Waals surface area contributed by atoms with Gasteiger partial charge < -0.3 is 10.5 Å². The quantitative estimate of drug-likeness (QED) is 0.892. The monoisotopic (exact) mass is 259 g/mol. The van der Waals surface area contributed by atoms with Crippen LogP contribution in [-0.4, -0.2) is 6.10 Å². The zero-order chi connectivity index (χ0) is 13.7. The average Bonchev–Trinajstić information content (AvgIpc) is 2.46. The molecule has 0 radical (unpaired) electrons. The molecule has 0 bridgehead atoms. The molecule has 2 rings (SSSR count). The van der Waals surface area contributed by atoms with E-state index in [4.69, 9.17) is 10.5 Å². The van der Waals surface area contributed by atoms with Crippen molar-refractivity contribution < 1.29 is 9.13 Å². The van der Waals surface area contributed by atoms with Gasteiger partial charge in [0.05, 0.1) is 18.8 Å². The summed E-state index contributed by atoms with van der Waals surface area (Å²) < 4.78 is 18.6. The first kappa shape index (κ1) is 13.7. The minimum Gasteiger partial charge on any atom is -0.372 e. The van der Waals surface area contributed by atoms with Crippen molar-refractivity contribution in [3.8, 4) is 0 Å². The first-order chi connectivity index (χ1) is 9.16. The SMILES string of the molecule is C[C@H](OCc1ccccc1)[C@@H](N)c1ccc(F)cc1. The molecule has 0 saturated heterocycles. The van der Waals surface area contributed by atoms with E-state index in [0.29, 0.717) is 6.61 Å². The molecule has 0 aliphatic carbocycles. The number of hydrogen-bond acceptors (Lipinski definition) is 2. The standard InChI is InChI=1S/C16H18FNO/c1-12(19-11-13-5-3-2-4-6-13)16(18)14-7-9-15(17)10-8-14/h2-10,12,16H,11,18H2,1H3/t12-,16+/m0/s1. The van der Waals surface area contributed by atoms with Crippen LogP contribution in [0.2, 0.25) is 0 Å². The maximum atomic E-state index is 12.8. The number of benzene rings is 2. The Kier molecular flexibility index (Phi) is 4.66. The Balaban J connectivity index is 1.92. The number of nitrogens with two attached hydrogens (primary N) is 1. The molecule has 19 heavy (non-hydrogen) atoms. The lowest BCUT2D eigenvalue weighted by atomic mass is 10.0. The van der Waals surface area contributed by atoms with Crippen molar-refractivity contribution in [2.24, 2.45) is 5.73 Å². The van der Waals surface area contributed by atoms with E-state index in [1.54, 1.807) is 12.1 Å². The van der Waals surface area contributed by atoms with E-state index in [-0.39, 0.29) is 18.0 Å². The second-order valence-electron chi connectivity index (χ2n) is 4.58. The first-order valence-corrected chi connectivity index (χ1v) is 6.33. The van der Waals surface area contributed by atoms with Gasteiger partial charge in [-0.15, -0.1) is 0 Å². The Morgan fingerprint density at radius 1 is 1.05 bits per heavy atom. The van der Waals surface area contributed by atoms with Gasteiger partial charge in [-0.2, -0.15) is 0 Å². The summed E-state index contributed by atoms with van der Waals surface area (Å²) in [6.07, 6.45) is -0.134. The molecule has 0 aromatic heterocycles. The summed E-state index contributed by atoms with van der Waals surface area (Å²) in [7, 11) is 0. The second kappa shape index (κ2) is 6.45. The van der Waals surface area contributed by atoms with E-state index < -0.39 is 0 Å². The molecule has 0 aliphatic heterocycles. The Bertz CT molecular complexity index is 498. The van der Waals surface area contributed by atoms with Crippen LogP contribution in [0, 0.1) is 5.82 Å². The third kappa shape index (κ3) is 3.88. The van der Waals surface area contributed by atoms with E-state index in [2.05, 4.69) is 0 Å². The molecule has 0 amide bonds. The molecule has 3 heteroatoms. The van der Waals surface area contributed by atoms with Crippen LogP contribution in [0.5, 0.6) is 0 Å². The van der Waals surface area contributed by atoms with Crippen LogP contribution < -0.4 is 5.73 Å². The predicted molar refractivity (Wildman–Crippen MR) is 74.0 cm³/mol. The van der Waals surface area contributed by atoms with Gasteiger partial charge in [0.2, 0.25) is 0 Å². The highest BCUT2D eigenvalue weighted by Gasteiger charge is 2.15. The first-order valence-electron chi connectivity index (χ1n) is 6.33. The normalized spacial score (nSPS) is 14.1. The van der Waals surface area contributed by atoms with Crippen LogP contribution in [0.3, 0.4) is 0 Å². The van der Waals surface area contributed by atoms with Gasteiger partial charge in [0.15, 0.2) is 0 Å². The molecule has 2 N–H and O–H groups in total. The highest BCUT2D eigenvalue weighted by atomic mass is 19.1. The van der Waals surface area contributed by atoms with Gasteiger partial charge in [-0.3, -0.25) is 0 Å². The van der Waals surface area contributed by atoms with Crippen molar-refractivity contribution in [2.45, 2.75) is 25.7 Å². The van der Waals surface area contributed by atoms with Gasteiger partial charge in [-0.25, -0.2) is 4.39 Å². The Morgan fingerprint density at radius 2 is 1.68 bits per heavy atom. The number of rotatable bonds is 5. The molecule has 2 atom stereocenters. The molecule has 0 spiro atoms. The molecular formula is C16H18FNO. The van der Waals surface area contributed by atoms with Crippen LogP contribution in [0.1, 0.15) is 24.1 Å². The molecule has 0 heterocycles. The lowest BCUT2D eigenvalue weighted by Crippen LogP contribution is -2.26. The highest BCUT2D eigenvalue weighted by molar-refractivity contribution is 5.20. The molecule has 2 nitrogen and oxygen atoms in total. The average molecular weight is 259 g/mol. The summed E-state index contributed by atoms with van der Waals surface area (Å²) in [5.41, 5.74) is 8.09. The van der Waals surface area contributed by atoms with Gasteiger partial charge in [-0.1, -0.05) is 42.5 Å². The van der Waals surface area contributed by atoms with Gasteiger partial charge in [0.1, 0.15) is 5.82 Å². The van der Waals surface area contributed by atoms with Crippen molar-refractivity contribution >= 4 is 0 Å². The summed E-state index contributed by atoms with van der Waals surface area (Å²) in [6, 6.07) is 15.9. The van der Waals surface area contributed by atoms with Crippen LogP contribution in [0.15, 0.2) is 54.6 Å². The molecule has 0 fully saturated rings. The van der Waals surface area contributed by atoms with Crippen LogP contribution >= 0.6 is 0 Å². The molecule has 0 saturated carbocycles. The topological polar surface area (TPSA) is 35.2 Å². The number of hydrogen-bond donors (Lipinski definition) is 1. The van der Waals surface area contributed by atoms with Crippen molar-refractivity contribution in [3.63, 3.8) is 0 Å². The lowest BCUT2D eigenvalue weighted by Gasteiger charge is -2.21. The lowest BCUT2D eigenvalue weighted by molar-refractivity contribution is 0.0357. The van der Waals surface area contributed by atoms with Gasteiger partial charge in [0, 0.05) is 0 Å². The van der Waals surface area contributed by atoms with Crippen molar-refractivity contribution in [3.05, 3.63) is 71.5 Å². The summed E-state index contributed by atoms with van der Waals surface area (Å²) in [4.78, 5) is 0. The molecule has 2 aromatic rings. The summed E-state index contributed by atoms with van der Waals surface area (Å²) >= 11 is 0. The molecular weight excluding hydrogens is 241 g/mol. The molecule has 100 valence electrons. The van der Waals surface area contributed by atoms with E-state index >= 15 is 0 Å². The van der Waals surface area contributed by atoms with Crippen molar-refractivity contribution in [1.82, 2.24) is 0 Å². The van der Waals surface area contributed by atoms with Crippen molar-refractivity contribution in [2.75, 3.05) is 0 Å². The maximum Gasteiger partial charge on any atom is 0.123 e. The number of ether oxygens (including phenoxy) is 1. The zero-order valence-corrected chi connectivity index (χ0v) is 10.9. The fourth-order valence-electron chi connectivity index (χ4n) is 1.86. The van der Waals surface area contributed by atoms with E-state index in [0.717, 1.165) is 11.1 Å². The van der Waals surface area contributed by atoms with E-state index in [1.165, 1.54) is 12.1 Å². The Labute approximate surface area is 113 Å². The fourth-order valence-corrected chi connectivity index (χ4v) is 1.86. The number of halogens is 1. The van der Waals surface area contributed by atoms with E-state index in [1.807, 2.05) is 37.3 Å². The van der Waals surface area contributed by atoms with Gasteiger partial charge >= 0.3 is 0 Å². The van der Waals surface area contributed by atoms with Crippen LogP contribution in [0.4, 0.5) is 4.39 Å².